The molecule has 1 aromatic rings. The van der Waals surface area contributed by atoms with Gasteiger partial charge < -0.3 is 29.2 Å². The van der Waals surface area contributed by atoms with Crippen molar-refractivity contribution in [2.75, 3.05) is 59.5 Å². The van der Waals surface area contributed by atoms with Gasteiger partial charge in [0.25, 0.3) is 0 Å². The number of aliphatic hydroxyl groups is 2. The molecule has 0 aliphatic rings. The van der Waals surface area contributed by atoms with Crippen LogP contribution in [0.3, 0.4) is 0 Å². The lowest BCUT2D eigenvalue weighted by molar-refractivity contribution is 0.00230. The number of rotatable bonds is 12. The molecule has 128 valence electrons. The van der Waals surface area contributed by atoms with Crippen molar-refractivity contribution in [3.8, 4) is 5.75 Å². The lowest BCUT2D eigenvalue weighted by Crippen LogP contribution is -2.11. The van der Waals surface area contributed by atoms with E-state index in [2.05, 4.69) is 0 Å². The molecule has 0 radical (unpaired) electrons. The zero-order valence-corrected chi connectivity index (χ0v) is 13.3. The highest BCUT2D eigenvalue weighted by Crippen LogP contribution is 2.06. The Morgan fingerprint density at radius 1 is 0.727 bits per heavy atom. The number of hydrogen-bond donors (Lipinski definition) is 2. The smallest absolute Gasteiger partial charge is 0.119 e. The summed E-state index contributed by atoms with van der Waals surface area (Å²) in [5, 5.41) is 16.7. The zero-order chi connectivity index (χ0) is 16.3. The average molecular weight is 316 g/mol. The second-order valence-corrected chi connectivity index (χ2v) is 4.03. The van der Waals surface area contributed by atoms with Crippen molar-refractivity contribution >= 4 is 0 Å². The predicted molar refractivity (Wildman–Crippen MR) is 84.2 cm³/mol. The van der Waals surface area contributed by atoms with E-state index in [4.69, 9.17) is 29.2 Å². The fraction of sp³-hybridized carbons (Fsp3) is 0.625. The van der Waals surface area contributed by atoms with E-state index in [9.17, 15) is 0 Å². The van der Waals surface area contributed by atoms with Gasteiger partial charge >= 0.3 is 0 Å². The Labute approximate surface area is 132 Å². The lowest BCUT2D eigenvalue weighted by Gasteiger charge is -2.04. The zero-order valence-electron chi connectivity index (χ0n) is 13.3. The van der Waals surface area contributed by atoms with Crippen molar-refractivity contribution in [2.45, 2.75) is 6.92 Å². The van der Waals surface area contributed by atoms with Gasteiger partial charge in [-0.2, -0.15) is 0 Å². The molecule has 1 aromatic carbocycles. The van der Waals surface area contributed by atoms with Crippen LogP contribution in [0.4, 0.5) is 0 Å². The fourth-order valence-electron chi connectivity index (χ4n) is 1.35. The third-order valence-corrected chi connectivity index (χ3v) is 2.27. The third-order valence-electron chi connectivity index (χ3n) is 2.27. The van der Waals surface area contributed by atoms with Crippen LogP contribution in [0.15, 0.2) is 30.3 Å². The molecule has 22 heavy (non-hydrogen) atoms. The van der Waals surface area contributed by atoms with E-state index in [-0.39, 0.29) is 13.2 Å². The Morgan fingerprint density at radius 2 is 1.18 bits per heavy atom. The highest BCUT2D eigenvalue weighted by molar-refractivity contribution is 5.20. The van der Waals surface area contributed by atoms with Crippen molar-refractivity contribution in [1.29, 1.82) is 0 Å². The van der Waals surface area contributed by atoms with Crippen LogP contribution in [0.2, 0.25) is 0 Å². The second-order valence-electron chi connectivity index (χ2n) is 4.03. The highest BCUT2D eigenvalue weighted by Gasteiger charge is 1.90. The summed E-state index contributed by atoms with van der Waals surface area (Å²) in [4.78, 5) is 0. The molecule has 0 bridgehead atoms. The van der Waals surface area contributed by atoms with E-state index in [0.29, 0.717) is 39.6 Å². The van der Waals surface area contributed by atoms with Crippen LogP contribution in [0.1, 0.15) is 6.92 Å². The van der Waals surface area contributed by atoms with E-state index in [1.165, 1.54) is 0 Å². The Hall–Kier alpha value is -1.18. The Kier molecular flexibility index (Phi) is 16.9. The summed E-state index contributed by atoms with van der Waals surface area (Å²) in [6.45, 7) is 5.48. The minimum absolute atomic E-state index is 0.0413. The normalized spacial score (nSPS) is 9.95. The first-order valence-electron chi connectivity index (χ1n) is 7.48. The maximum Gasteiger partial charge on any atom is 0.119 e. The topological polar surface area (TPSA) is 77.4 Å². The molecule has 6 nitrogen and oxygen atoms in total. The molecule has 0 amide bonds. The lowest BCUT2D eigenvalue weighted by atomic mass is 10.3. The average Bonchev–Trinajstić information content (AvgIpc) is 2.55. The third kappa shape index (κ3) is 15.2. The standard InChI is InChI=1S/C8H18O5.C8H10O/c9-1-3-11-5-7-13-8-6-12-4-2-10;1-2-9-8-6-4-3-5-7-8/h9-10H,1-8H2;3-7H,2H2,1H3. The van der Waals surface area contributed by atoms with Gasteiger partial charge in [0.15, 0.2) is 0 Å². The molecule has 1 rings (SSSR count). The van der Waals surface area contributed by atoms with Crippen LogP contribution in [0, 0.1) is 0 Å². The van der Waals surface area contributed by atoms with Crippen molar-refractivity contribution in [3.63, 3.8) is 0 Å². The van der Waals surface area contributed by atoms with Gasteiger partial charge in [-0.1, -0.05) is 18.2 Å². The minimum atomic E-state index is 0.0413. The second kappa shape index (κ2) is 17.9. The van der Waals surface area contributed by atoms with Crippen molar-refractivity contribution in [1.82, 2.24) is 0 Å². The fourth-order valence-corrected chi connectivity index (χ4v) is 1.35. The molecule has 0 heterocycles. The van der Waals surface area contributed by atoms with E-state index in [0.717, 1.165) is 12.4 Å². The van der Waals surface area contributed by atoms with Crippen molar-refractivity contribution in [2.24, 2.45) is 0 Å². The van der Waals surface area contributed by atoms with Gasteiger partial charge in [0, 0.05) is 0 Å². The van der Waals surface area contributed by atoms with E-state index in [1.807, 2.05) is 37.3 Å². The van der Waals surface area contributed by atoms with Crippen LogP contribution in [-0.4, -0.2) is 69.7 Å². The molecule has 0 aliphatic heterocycles. The summed E-state index contributed by atoms with van der Waals surface area (Å²) >= 11 is 0. The van der Waals surface area contributed by atoms with Gasteiger partial charge in [-0.15, -0.1) is 0 Å². The summed E-state index contributed by atoms with van der Waals surface area (Å²) < 4.78 is 20.2. The SMILES string of the molecule is CCOc1ccccc1.OCCOCCOCCOCCO. The van der Waals surface area contributed by atoms with Gasteiger partial charge in [-0.05, 0) is 19.1 Å². The van der Waals surface area contributed by atoms with Gasteiger partial charge in [-0.25, -0.2) is 0 Å². The predicted octanol–water partition coefficient (Wildman–Crippen LogP) is 1.11. The van der Waals surface area contributed by atoms with Gasteiger partial charge in [0.2, 0.25) is 0 Å². The number of para-hydroxylation sites is 1. The number of benzene rings is 1. The van der Waals surface area contributed by atoms with E-state index >= 15 is 0 Å². The summed E-state index contributed by atoms with van der Waals surface area (Å²) in [6.07, 6.45) is 0. The molecule has 0 aliphatic carbocycles. The maximum atomic E-state index is 8.36. The summed E-state index contributed by atoms with van der Waals surface area (Å²) in [6, 6.07) is 9.80. The Morgan fingerprint density at radius 3 is 1.59 bits per heavy atom. The maximum absolute atomic E-state index is 8.36. The molecule has 0 unspecified atom stereocenters. The van der Waals surface area contributed by atoms with Crippen LogP contribution in [0.5, 0.6) is 5.75 Å². The number of hydrogen-bond acceptors (Lipinski definition) is 6. The molecular formula is C16H28O6. The molecule has 0 saturated heterocycles. The Bertz CT molecular complexity index is 297. The van der Waals surface area contributed by atoms with E-state index < -0.39 is 0 Å². The summed E-state index contributed by atoms with van der Waals surface area (Å²) in [5.74, 6) is 0.944. The largest absolute Gasteiger partial charge is 0.494 e. The van der Waals surface area contributed by atoms with Crippen LogP contribution in [0.25, 0.3) is 0 Å². The van der Waals surface area contributed by atoms with Crippen LogP contribution in [-0.2, 0) is 14.2 Å². The van der Waals surface area contributed by atoms with Crippen LogP contribution >= 0.6 is 0 Å². The first kappa shape index (κ1) is 20.8. The minimum Gasteiger partial charge on any atom is -0.494 e. The number of aliphatic hydroxyl groups excluding tert-OH is 2. The summed E-state index contributed by atoms with van der Waals surface area (Å²) in [5.41, 5.74) is 0. The van der Waals surface area contributed by atoms with Gasteiger partial charge in [0.05, 0.1) is 59.5 Å². The molecule has 0 fully saturated rings. The molecule has 0 aromatic heterocycles. The molecular weight excluding hydrogens is 288 g/mol. The van der Waals surface area contributed by atoms with Crippen molar-refractivity contribution in [3.05, 3.63) is 30.3 Å². The molecule has 0 spiro atoms. The first-order chi connectivity index (χ1) is 10.8. The van der Waals surface area contributed by atoms with E-state index in [1.54, 1.807) is 0 Å². The Balaban J connectivity index is 0.000000425. The number of ether oxygens (including phenoxy) is 4. The molecule has 0 atom stereocenters. The van der Waals surface area contributed by atoms with Crippen LogP contribution < -0.4 is 4.74 Å². The highest BCUT2D eigenvalue weighted by atomic mass is 16.5. The first-order valence-corrected chi connectivity index (χ1v) is 7.48. The quantitative estimate of drug-likeness (QED) is 0.563. The van der Waals surface area contributed by atoms with Gasteiger partial charge in [0.1, 0.15) is 5.75 Å². The molecule has 6 heteroatoms. The van der Waals surface area contributed by atoms with Gasteiger partial charge in [-0.3, -0.25) is 0 Å². The monoisotopic (exact) mass is 316 g/mol. The molecule has 0 saturated carbocycles. The summed E-state index contributed by atoms with van der Waals surface area (Å²) in [7, 11) is 0. The molecule has 2 N–H and O–H groups in total. The van der Waals surface area contributed by atoms with Crippen molar-refractivity contribution < 1.29 is 29.2 Å².